The zero-order valence-electron chi connectivity index (χ0n) is 16.8. The molecular weight excluding hydrogens is 436 g/mol. The van der Waals surface area contributed by atoms with E-state index in [1.807, 2.05) is 31.2 Å². The van der Waals surface area contributed by atoms with E-state index in [0.29, 0.717) is 5.02 Å². The number of sulfonamides is 1. The van der Waals surface area contributed by atoms with Crippen LogP contribution in [0.2, 0.25) is 5.02 Å². The van der Waals surface area contributed by atoms with E-state index in [-0.39, 0.29) is 11.4 Å². The summed E-state index contributed by atoms with van der Waals surface area (Å²) in [4.78, 5) is 16.4. The number of benzene rings is 2. The van der Waals surface area contributed by atoms with E-state index in [9.17, 15) is 13.2 Å². The van der Waals surface area contributed by atoms with Gasteiger partial charge in [-0.2, -0.15) is 9.41 Å². The minimum Gasteiger partial charge on any atom is -0.272 e. The number of aromatic nitrogens is 1. The van der Waals surface area contributed by atoms with Crippen LogP contribution in [-0.2, 0) is 21.4 Å². The molecule has 1 N–H and O–H groups in total. The van der Waals surface area contributed by atoms with Crippen LogP contribution in [-0.4, -0.2) is 36.4 Å². The number of amides is 1. The molecule has 31 heavy (non-hydrogen) atoms. The lowest BCUT2D eigenvalue weighted by molar-refractivity contribution is -0.121. The van der Waals surface area contributed by atoms with E-state index in [2.05, 4.69) is 15.5 Å². The third-order valence-corrected chi connectivity index (χ3v) is 6.55. The first-order valence-electron chi connectivity index (χ1n) is 9.38. The molecular formula is C22H21ClN4O3S. The van der Waals surface area contributed by atoms with Crippen LogP contribution in [0, 0.1) is 6.92 Å². The van der Waals surface area contributed by atoms with Gasteiger partial charge in [-0.15, -0.1) is 0 Å². The zero-order valence-corrected chi connectivity index (χ0v) is 18.3. The fraction of sp³-hybridized carbons (Fsp3) is 0.136. The average Bonchev–Trinajstić information content (AvgIpc) is 2.76. The lowest BCUT2D eigenvalue weighted by Crippen LogP contribution is -2.39. The molecule has 160 valence electrons. The van der Waals surface area contributed by atoms with Crippen LogP contribution in [0.4, 0.5) is 0 Å². The Morgan fingerprint density at radius 2 is 1.77 bits per heavy atom. The smallest absolute Gasteiger partial charge is 0.255 e. The Kier molecular flexibility index (Phi) is 7.51. The maximum atomic E-state index is 13.2. The molecule has 0 aliphatic rings. The SMILES string of the molecule is Cc1ccccc1CN(CC(=O)N/N=C\c1ccncc1)S(=O)(=O)c1ccc(Cl)cc1. The van der Waals surface area contributed by atoms with E-state index in [1.54, 1.807) is 24.5 Å². The van der Waals surface area contributed by atoms with Gasteiger partial charge in [0.25, 0.3) is 5.91 Å². The van der Waals surface area contributed by atoms with Gasteiger partial charge in [-0.3, -0.25) is 9.78 Å². The Labute approximate surface area is 186 Å². The van der Waals surface area contributed by atoms with Gasteiger partial charge in [0.2, 0.25) is 10.0 Å². The van der Waals surface area contributed by atoms with Crippen LogP contribution in [0.1, 0.15) is 16.7 Å². The Morgan fingerprint density at radius 3 is 2.45 bits per heavy atom. The molecule has 0 saturated carbocycles. The normalized spacial score (nSPS) is 11.7. The van der Waals surface area contributed by atoms with Crippen molar-refractivity contribution in [1.82, 2.24) is 14.7 Å². The molecule has 0 unspecified atom stereocenters. The first kappa shape index (κ1) is 22.6. The molecule has 1 amide bonds. The topological polar surface area (TPSA) is 91.7 Å². The minimum atomic E-state index is -3.95. The summed E-state index contributed by atoms with van der Waals surface area (Å²) in [6.07, 6.45) is 4.66. The summed E-state index contributed by atoms with van der Waals surface area (Å²) < 4.78 is 27.6. The molecule has 0 radical (unpaired) electrons. The molecule has 3 aromatic rings. The van der Waals surface area contributed by atoms with Gasteiger partial charge in [0.05, 0.1) is 17.7 Å². The fourth-order valence-corrected chi connectivity index (χ4v) is 4.28. The number of halogens is 1. The van der Waals surface area contributed by atoms with Crippen molar-refractivity contribution in [3.8, 4) is 0 Å². The van der Waals surface area contributed by atoms with Gasteiger partial charge < -0.3 is 0 Å². The highest BCUT2D eigenvalue weighted by Crippen LogP contribution is 2.21. The van der Waals surface area contributed by atoms with Crippen molar-refractivity contribution in [3.05, 3.63) is 94.8 Å². The number of rotatable bonds is 8. The molecule has 0 aliphatic carbocycles. The summed E-state index contributed by atoms with van der Waals surface area (Å²) >= 11 is 5.89. The Hall–Kier alpha value is -3.07. The predicted octanol–water partition coefficient (Wildman–Crippen LogP) is 3.38. The molecule has 3 rings (SSSR count). The van der Waals surface area contributed by atoms with Gasteiger partial charge in [-0.25, -0.2) is 13.8 Å². The number of pyridine rings is 1. The summed E-state index contributed by atoms with van der Waals surface area (Å²) in [5.41, 5.74) is 4.85. The van der Waals surface area contributed by atoms with Gasteiger partial charge in [0, 0.05) is 24.0 Å². The summed E-state index contributed by atoms with van der Waals surface area (Å²) in [6.45, 7) is 1.54. The molecule has 0 fully saturated rings. The van der Waals surface area contributed by atoms with Crippen molar-refractivity contribution in [2.24, 2.45) is 5.10 Å². The number of hydrogen-bond acceptors (Lipinski definition) is 5. The number of aryl methyl sites for hydroxylation is 1. The number of nitrogens with zero attached hydrogens (tertiary/aromatic N) is 3. The number of nitrogens with one attached hydrogen (secondary N) is 1. The maximum Gasteiger partial charge on any atom is 0.255 e. The van der Waals surface area contributed by atoms with Crippen LogP contribution < -0.4 is 5.43 Å². The van der Waals surface area contributed by atoms with Gasteiger partial charge in [-0.1, -0.05) is 35.9 Å². The molecule has 0 saturated heterocycles. The Morgan fingerprint density at radius 1 is 1.10 bits per heavy atom. The van der Waals surface area contributed by atoms with E-state index >= 15 is 0 Å². The molecule has 2 aromatic carbocycles. The molecule has 0 aliphatic heterocycles. The van der Waals surface area contributed by atoms with E-state index < -0.39 is 22.5 Å². The van der Waals surface area contributed by atoms with Gasteiger partial charge in [0.15, 0.2) is 0 Å². The highest BCUT2D eigenvalue weighted by Gasteiger charge is 2.27. The lowest BCUT2D eigenvalue weighted by Gasteiger charge is -2.22. The van der Waals surface area contributed by atoms with E-state index in [1.165, 1.54) is 30.5 Å². The van der Waals surface area contributed by atoms with Gasteiger partial charge >= 0.3 is 0 Å². The summed E-state index contributed by atoms with van der Waals surface area (Å²) in [7, 11) is -3.95. The summed E-state index contributed by atoms with van der Waals surface area (Å²) in [5, 5.41) is 4.32. The second-order valence-corrected chi connectivity index (χ2v) is 9.10. The minimum absolute atomic E-state index is 0.0408. The number of carbonyl (C=O) groups is 1. The fourth-order valence-electron chi connectivity index (χ4n) is 2.78. The first-order valence-corrected chi connectivity index (χ1v) is 11.2. The van der Waals surface area contributed by atoms with Crippen molar-refractivity contribution in [2.45, 2.75) is 18.4 Å². The second-order valence-electron chi connectivity index (χ2n) is 6.73. The van der Waals surface area contributed by atoms with Crippen LogP contribution >= 0.6 is 11.6 Å². The highest BCUT2D eigenvalue weighted by molar-refractivity contribution is 7.89. The monoisotopic (exact) mass is 456 g/mol. The van der Waals surface area contributed by atoms with Crippen LogP contribution in [0.3, 0.4) is 0 Å². The standard InChI is InChI=1S/C22H21ClN4O3S/c1-17-4-2-3-5-19(17)15-27(31(29,30)21-8-6-20(23)7-9-21)16-22(28)26-25-14-18-10-12-24-13-11-18/h2-14H,15-16H2,1H3,(H,26,28)/b25-14-. The van der Waals surface area contributed by atoms with Crippen molar-refractivity contribution in [2.75, 3.05) is 6.54 Å². The Bertz CT molecular complexity index is 1170. The molecule has 0 spiro atoms. The molecule has 0 bridgehead atoms. The quantitative estimate of drug-likeness (QED) is 0.415. The van der Waals surface area contributed by atoms with Gasteiger partial charge in [-0.05, 0) is 60.0 Å². The van der Waals surface area contributed by atoms with Crippen LogP contribution in [0.15, 0.2) is 83.1 Å². The van der Waals surface area contributed by atoms with Gasteiger partial charge in [0.1, 0.15) is 0 Å². The van der Waals surface area contributed by atoms with Crippen molar-refractivity contribution < 1.29 is 13.2 Å². The summed E-state index contributed by atoms with van der Waals surface area (Å²) in [5.74, 6) is -0.559. The molecule has 1 heterocycles. The largest absolute Gasteiger partial charge is 0.272 e. The maximum absolute atomic E-state index is 13.2. The van der Waals surface area contributed by atoms with Crippen molar-refractivity contribution in [3.63, 3.8) is 0 Å². The van der Waals surface area contributed by atoms with Crippen molar-refractivity contribution >= 4 is 33.7 Å². The molecule has 0 atom stereocenters. The zero-order chi connectivity index (χ0) is 22.3. The lowest BCUT2D eigenvalue weighted by atomic mass is 10.1. The highest BCUT2D eigenvalue weighted by atomic mass is 35.5. The van der Waals surface area contributed by atoms with Crippen LogP contribution in [0.25, 0.3) is 0 Å². The number of hydrogen-bond donors (Lipinski definition) is 1. The molecule has 7 nitrogen and oxygen atoms in total. The number of hydrazone groups is 1. The third kappa shape index (κ3) is 6.21. The second kappa shape index (κ2) is 10.3. The predicted molar refractivity (Wildman–Crippen MR) is 120 cm³/mol. The number of carbonyl (C=O) groups excluding carboxylic acids is 1. The van der Waals surface area contributed by atoms with Crippen molar-refractivity contribution in [1.29, 1.82) is 0 Å². The average molecular weight is 457 g/mol. The molecule has 1 aromatic heterocycles. The first-order chi connectivity index (χ1) is 14.9. The summed E-state index contributed by atoms with van der Waals surface area (Å²) in [6, 6.07) is 16.7. The van der Waals surface area contributed by atoms with Crippen LogP contribution in [0.5, 0.6) is 0 Å². The molecule has 9 heteroatoms. The Balaban J connectivity index is 1.81. The van der Waals surface area contributed by atoms with E-state index in [0.717, 1.165) is 21.0 Å². The third-order valence-electron chi connectivity index (χ3n) is 4.49. The van der Waals surface area contributed by atoms with E-state index in [4.69, 9.17) is 11.6 Å².